The Labute approximate surface area is 86.7 Å². The van der Waals surface area contributed by atoms with Crippen molar-refractivity contribution >= 4 is 17.4 Å². The van der Waals surface area contributed by atoms with E-state index in [4.69, 9.17) is 10.1 Å². The van der Waals surface area contributed by atoms with Crippen LogP contribution in [0.1, 0.15) is 12.5 Å². The van der Waals surface area contributed by atoms with Gasteiger partial charge < -0.3 is 0 Å². The minimum Gasteiger partial charge on any atom is -0.290 e. The minimum absolute atomic E-state index is 0.160. The Bertz CT molecular complexity index is 305. The molecule has 1 aromatic carbocycles. The fraction of sp³-hybridized carbons (Fsp3) is 0.200. The predicted molar refractivity (Wildman–Crippen MR) is 55.7 cm³/mol. The van der Waals surface area contributed by atoms with Crippen molar-refractivity contribution in [3.8, 4) is 5.40 Å². The van der Waals surface area contributed by atoms with Gasteiger partial charge in [0.2, 0.25) is 0 Å². The van der Waals surface area contributed by atoms with E-state index in [0.717, 1.165) is 6.42 Å². The molecule has 74 valence electrons. The van der Waals surface area contributed by atoms with Gasteiger partial charge in [0.25, 0.3) is 0 Å². The summed E-state index contributed by atoms with van der Waals surface area (Å²) in [6.45, 7) is 2.05. The van der Waals surface area contributed by atoms with E-state index in [1.807, 2.05) is 6.92 Å². The topological polar surface area (TPSA) is 40.9 Å². The zero-order chi connectivity index (χ0) is 10.8. The molecule has 0 atom stereocenters. The van der Waals surface area contributed by atoms with Crippen molar-refractivity contribution in [3.63, 3.8) is 0 Å². The first-order chi connectivity index (χ1) is 6.74. The molecule has 0 aliphatic rings. The van der Waals surface area contributed by atoms with Crippen LogP contribution in [0.2, 0.25) is 0 Å². The number of rotatable bonds is 2. The van der Waals surface area contributed by atoms with Gasteiger partial charge in [0.1, 0.15) is 11.2 Å². The lowest BCUT2D eigenvalue weighted by molar-refractivity contribution is 0.570. The van der Waals surface area contributed by atoms with Crippen LogP contribution in [-0.2, 0) is 11.2 Å². The summed E-state index contributed by atoms with van der Waals surface area (Å²) in [4.78, 5) is 9.15. The smallest absolute Gasteiger partial charge is 0.190 e. The molecular formula is C10H10FNOS. The third-order valence-electron chi connectivity index (χ3n) is 1.42. The molecule has 0 bridgehead atoms. The lowest BCUT2D eigenvalue weighted by atomic mass is 10.2. The molecule has 0 fully saturated rings. The molecule has 0 aliphatic heterocycles. The van der Waals surface area contributed by atoms with Crippen LogP contribution in [0.25, 0.3) is 0 Å². The Kier molecular flexibility index (Phi) is 7.48. The molecule has 0 aliphatic carbocycles. The number of thioether (sulfide) groups is 1. The van der Waals surface area contributed by atoms with Crippen molar-refractivity contribution in [2.75, 3.05) is 0 Å². The van der Waals surface area contributed by atoms with Crippen LogP contribution in [-0.4, -0.2) is 5.62 Å². The molecule has 0 radical (unpaired) electrons. The van der Waals surface area contributed by atoms with E-state index < -0.39 is 0 Å². The maximum atomic E-state index is 12.2. The first-order valence-corrected chi connectivity index (χ1v) is 4.85. The Morgan fingerprint density at radius 1 is 1.50 bits per heavy atom. The number of thiocyanates is 1. The van der Waals surface area contributed by atoms with Crippen molar-refractivity contribution in [3.05, 3.63) is 35.6 Å². The molecule has 0 aromatic heterocycles. The number of nitriles is 1. The van der Waals surface area contributed by atoms with E-state index in [1.165, 1.54) is 17.7 Å². The Morgan fingerprint density at radius 2 is 2.07 bits per heavy atom. The molecule has 0 N–H and O–H groups in total. The average Bonchev–Trinajstić information content (AvgIpc) is 2.21. The highest BCUT2D eigenvalue weighted by molar-refractivity contribution is 8.15. The van der Waals surface area contributed by atoms with Gasteiger partial charge >= 0.3 is 0 Å². The van der Waals surface area contributed by atoms with Gasteiger partial charge in [0.05, 0.1) is 0 Å². The first kappa shape index (κ1) is 12.7. The number of halogens is 1. The van der Waals surface area contributed by atoms with E-state index in [1.54, 1.807) is 17.5 Å². The highest BCUT2D eigenvalue weighted by Crippen LogP contribution is 2.01. The van der Waals surface area contributed by atoms with Crippen LogP contribution in [0.3, 0.4) is 0 Å². The van der Waals surface area contributed by atoms with Crippen molar-refractivity contribution in [1.29, 1.82) is 5.26 Å². The van der Waals surface area contributed by atoms with E-state index >= 15 is 0 Å². The number of hydrogen-bond donors (Lipinski definition) is 0. The van der Waals surface area contributed by atoms with Crippen molar-refractivity contribution < 1.29 is 9.18 Å². The van der Waals surface area contributed by atoms with Gasteiger partial charge in [-0.2, -0.15) is 5.26 Å². The van der Waals surface area contributed by atoms with Crippen LogP contribution in [0.15, 0.2) is 24.3 Å². The molecule has 0 spiro atoms. The molecule has 1 rings (SSSR count). The lowest BCUT2D eigenvalue weighted by Gasteiger charge is -1.92. The fourth-order valence-corrected chi connectivity index (χ4v) is 0.785. The van der Waals surface area contributed by atoms with Crippen LogP contribution >= 0.6 is 11.8 Å². The summed E-state index contributed by atoms with van der Waals surface area (Å²) in [5.74, 6) is -0.160. The van der Waals surface area contributed by atoms with Crippen LogP contribution in [0.5, 0.6) is 0 Å². The number of aryl methyl sites for hydroxylation is 1. The number of benzene rings is 1. The van der Waals surface area contributed by atoms with Gasteiger partial charge in [-0.25, -0.2) is 4.39 Å². The number of carbonyl (C=O) groups is 1. The first-order valence-electron chi connectivity index (χ1n) is 3.97. The van der Waals surface area contributed by atoms with Crippen molar-refractivity contribution in [2.24, 2.45) is 0 Å². The second-order valence-corrected chi connectivity index (χ2v) is 2.90. The Hall–Kier alpha value is -1.34. The Morgan fingerprint density at radius 3 is 2.36 bits per heavy atom. The molecule has 0 saturated carbocycles. The van der Waals surface area contributed by atoms with Gasteiger partial charge in [-0.3, -0.25) is 4.79 Å². The summed E-state index contributed by atoms with van der Waals surface area (Å²) < 4.78 is 12.2. The second kappa shape index (κ2) is 8.27. The molecule has 0 heterocycles. The summed E-state index contributed by atoms with van der Waals surface area (Å²) in [6, 6.07) is 6.57. The predicted octanol–water partition coefficient (Wildman–Crippen LogP) is 2.78. The third-order valence-corrected chi connectivity index (χ3v) is 1.62. The zero-order valence-electron chi connectivity index (χ0n) is 7.74. The summed E-state index contributed by atoms with van der Waals surface area (Å²) in [7, 11) is 0. The highest BCUT2D eigenvalue weighted by atomic mass is 32.2. The monoisotopic (exact) mass is 211 g/mol. The number of hydrogen-bond acceptors (Lipinski definition) is 3. The van der Waals surface area contributed by atoms with Gasteiger partial charge in [0.15, 0.2) is 5.62 Å². The minimum atomic E-state index is -0.160. The Balaban J connectivity index is 0.000000292. The zero-order valence-corrected chi connectivity index (χ0v) is 8.55. The van der Waals surface area contributed by atoms with Gasteiger partial charge in [-0.05, 0) is 24.1 Å². The summed E-state index contributed by atoms with van der Waals surface area (Å²) >= 11 is 0.588. The van der Waals surface area contributed by atoms with Crippen LogP contribution < -0.4 is 0 Å². The third kappa shape index (κ3) is 6.21. The highest BCUT2D eigenvalue weighted by Gasteiger charge is 1.87. The number of carbonyl (C=O) groups excluding carboxylic acids is 1. The lowest BCUT2D eigenvalue weighted by Crippen LogP contribution is -1.78. The van der Waals surface area contributed by atoms with E-state index in [-0.39, 0.29) is 5.82 Å². The van der Waals surface area contributed by atoms with Gasteiger partial charge in [-0.1, -0.05) is 19.1 Å². The summed E-state index contributed by atoms with van der Waals surface area (Å²) in [5.41, 5.74) is 1.66. The maximum Gasteiger partial charge on any atom is 0.190 e. The molecule has 1 aromatic rings. The van der Waals surface area contributed by atoms with E-state index in [9.17, 15) is 4.39 Å². The molecule has 0 unspecified atom stereocenters. The fourth-order valence-electron chi connectivity index (χ4n) is 0.742. The normalized spacial score (nSPS) is 8.07. The largest absolute Gasteiger partial charge is 0.290 e. The SMILES string of the molecule is CCc1ccc(F)cc1.N#CSC=O. The standard InChI is InChI=1S/C8H9F.C2HNOS/c1-2-7-3-5-8(9)6-4-7;3-1-5-2-4/h3-6H,2H2,1H3;2H. The molecule has 0 saturated heterocycles. The molecule has 14 heavy (non-hydrogen) atoms. The molecule has 4 heteroatoms. The van der Waals surface area contributed by atoms with E-state index in [2.05, 4.69) is 0 Å². The van der Waals surface area contributed by atoms with Crippen molar-refractivity contribution in [2.45, 2.75) is 13.3 Å². The average molecular weight is 211 g/mol. The van der Waals surface area contributed by atoms with E-state index in [0.29, 0.717) is 17.4 Å². The number of nitrogens with zero attached hydrogens (tertiary/aromatic N) is 1. The summed E-state index contributed by atoms with van der Waals surface area (Å²) in [6.07, 6.45) is 0.972. The van der Waals surface area contributed by atoms with Crippen LogP contribution in [0.4, 0.5) is 4.39 Å². The van der Waals surface area contributed by atoms with Gasteiger partial charge in [-0.15, -0.1) is 0 Å². The second-order valence-electron chi connectivity index (χ2n) is 2.29. The molecular weight excluding hydrogens is 201 g/mol. The maximum absolute atomic E-state index is 12.2. The molecule has 0 amide bonds. The van der Waals surface area contributed by atoms with Crippen molar-refractivity contribution in [1.82, 2.24) is 0 Å². The molecule has 2 nitrogen and oxygen atoms in total. The van der Waals surface area contributed by atoms with Crippen LogP contribution in [0, 0.1) is 16.5 Å². The summed E-state index contributed by atoms with van der Waals surface area (Å²) in [5, 5.41) is 9.11. The van der Waals surface area contributed by atoms with Gasteiger partial charge in [0, 0.05) is 11.8 Å². The quantitative estimate of drug-likeness (QED) is 0.558.